The van der Waals surface area contributed by atoms with E-state index in [1.165, 1.54) is 33.1 Å². The van der Waals surface area contributed by atoms with E-state index >= 15 is 0 Å². The van der Waals surface area contributed by atoms with Crippen LogP contribution in [0.3, 0.4) is 0 Å². The molecule has 27 heteroatoms. The summed E-state index contributed by atoms with van der Waals surface area (Å²) in [6, 6.07) is 57.4. The third-order valence-electron chi connectivity index (χ3n) is 24.6. The second-order valence-corrected chi connectivity index (χ2v) is 43.1. The number of ketones is 4. The van der Waals surface area contributed by atoms with E-state index < -0.39 is 57.5 Å². The van der Waals surface area contributed by atoms with E-state index in [0.29, 0.717) is 101 Å². The molecule has 0 atom stereocenters. The van der Waals surface area contributed by atoms with Crippen LogP contribution in [0.25, 0.3) is 55.4 Å². The van der Waals surface area contributed by atoms with Crippen molar-refractivity contribution in [3.63, 3.8) is 0 Å². The number of rotatable bonds is 14. The number of hydrogen-bond acceptors (Lipinski definition) is 11. The highest BCUT2D eigenvalue weighted by Gasteiger charge is 2.53. The van der Waals surface area contributed by atoms with Crippen LogP contribution in [0.15, 0.2) is 219 Å². The number of hydrogen-bond donors (Lipinski definition) is 1. The molecule has 3 amide bonds. The number of amides is 3. The molecule has 0 unspecified atom stereocenters. The van der Waals surface area contributed by atoms with Crippen LogP contribution < -0.4 is 26.1 Å². The van der Waals surface area contributed by atoms with E-state index in [-0.39, 0.29) is 98.9 Å². The molecule has 121 heavy (non-hydrogen) atoms. The van der Waals surface area contributed by atoms with Crippen LogP contribution in [-0.2, 0) is 66.6 Å². The van der Waals surface area contributed by atoms with Crippen molar-refractivity contribution in [2.75, 3.05) is 52.5 Å². The number of nitrogens with one attached hydrogen (secondary N) is 1. The Labute approximate surface area is 703 Å². The number of allylic oxidation sites excluding steroid dienone is 4. The highest BCUT2D eigenvalue weighted by molar-refractivity contribution is 7.00. The number of urea groups is 1. The second-order valence-electron chi connectivity index (χ2n) is 34.2. The van der Waals surface area contributed by atoms with Gasteiger partial charge >= 0.3 is 23.8 Å². The number of nitrogens with zero attached hydrogens (tertiary/aromatic N) is 9. The molecule has 6 aromatic heterocycles. The summed E-state index contributed by atoms with van der Waals surface area (Å²) in [7, 11) is -5.21. The van der Waals surface area contributed by atoms with E-state index in [2.05, 4.69) is 166 Å². The van der Waals surface area contributed by atoms with Gasteiger partial charge in [0.1, 0.15) is 11.3 Å². The molecule has 6 aliphatic rings. The van der Waals surface area contributed by atoms with Crippen LogP contribution in [0.2, 0.25) is 10.1 Å². The standard InChI is InChI=1S/C47H46F3N5O4Si.C24H17F3N4O2.C23H30ClNO2Si/c1-46(2,3)60(34-12-6-4-7-13-34,35-14-8-5-9-15-35)59-30-31-17-20-52(21-18-31)45(58)54-23-22-53-29-37(36-25-33(47(48,49)50)24-32(28-54)44(36)53)42-39(56)26-40(57)43(42)38-27-51-41-16-10-11-19-55(38)41;25-24(26,27)14-7-13-10-28-4-6-30-12-16(15(8-14)23(13)30)21-18(32)9-19(33)22(21)17-11-29-20-3-1-2-5-31(17)20;1-23(2,3)28(20-10-6-4-7-11-20,21-12-8-5-9-13-21)27-18-19-14-16-25(17-15-19)22(24)26/h4-16,19,24-25,27,29,31H,17-18,20-23,26,28,30H2,1-3H3;1-3,5,7-8,11-12,28H,4,6,9-10H2;4-13,19H,14-18H2,1-3H3. The average Bonchev–Trinajstić information content (AvgIpc) is 1.72. The zero-order valence-electron chi connectivity index (χ0n) is 68.1. The topological polar surface area (TPSA) is 187 Å². The van der Waals surface area contributed by atoms with Gasteiger partial charge in [-0.25, -0.2) is 14.8 Å². The lowest BCUT2D eigenvalue weighted by Gasteiger charge is -2.44. The molecule has 18 nitrogen and oxygen atoms in total. The van der Waals surface area contributed by atoms with Gasteiger partial charge in [0.15, 0.2) is 23.1 Å². The maximum Gasteiger partial charge on any atom is 0.416 e. The fourth-order valence-electron chi connectivity index (χ4n) is 18.8. The zero-order chi connectivity index (χ0) is 85.1. The van der Waals surface area contributed by atoms with E-state index in [9.17, 15) is 55.1 Å². The molecule has 0 spiro atoms. The first-order valence-electron chi connectivity index (χ1n) is 41.0. The molecule has 1 N–H and O–H groups in total. The Morgan fingerprint density at radius 3 is 1.25 bits per heavy atom. The lowest BCUT2D eigenvalue weighted by Crippen LogP contribution is -2.67. The van der Waals surface area contributed by atoms with Crippen molar-refractivity contribution in [3.05, 3.63) is 264 Å². The predicted octanol–water partition coefficient (Wildman–Crippen LogP) is 16.5. The SMILES string of the molecule is CC(C)(C)[Si](OCC1CCN(C(=O)Cl)CC1)(c1ccccc1)c1ccccc1.CC(C)(C)[Si](OCC1CCN(C(=O)N2CCn3cc(C4=C(c5cnc6ccccn56)C(=O)CC4=O)c4cc(C(F)(F)F)cc(c43)C2)CC1)(c1ccccc1)c1ccccc1.O=C1CC(=O)C(c2cnc3ccccn23)=C1c1cn2c3c(cc(C(F)(F)F)cc13)CNCC2. The minimum atomic E-state index is -4.70. The Morgan fingerprint density at radius 2 is 0.843 bits per heavy atom. The molecule has 2 aliphatic carbocycles. The van der Waals surface area contributed by atoms with Crippen molar-refractivity contribution >= 4 is 139 Å². The van der Waals surface area contributed by atoms with E-state index in [1.54, 1.807) is 73.7 Å². The number of fused-ring (bicyclic) bond motifs is 2. The maximum absolute atomic E-state index is 14.6. The van der Waals surface area contributed by atoms with E-state index in [1.807, 2.05) is 32.2 Å². The summed E-state index contributed by atoms with van der Waals surface area (Å²) in [6.07, 6.45) is 3.34. The first-order chi connectivity index (χ1) is 57.9. The molecular formula is C94H93ClF6N10O8Si2. The summed E-state index contributed by atoms with van der Waals surface area (Å²) in [5, 5.41) is 8.22. The minimum absolute atomic E-state index is 0.0114. The van der Waals surface area contributed by atoms with Crippen molar-refractivity contribution < 1.29 is 64.0 Å². The largest absolute Gasteiger partial charge is 0.416 e. The van der Waals surface area contributed by atoms with E-state index in [4.69, 9.17) is 20.5 Å². The summed E-state index contributed by atoms with van der Waals surface area (Å²) >= 11 is 5.64. The summed E-state index contributed by atoms with van der Waals surface area (Å²) in [5.41, 5.74) is 3.63. The zero-order valence-corrected chi connectivity index (χ0v) is 70.9. The monoisotopic (exact) mass is 1690 g/mol. The first-order valence-corrected chi connectivity index (χ1v) is 45.2. The number of carbonyl (C=O) groups excluding carboxylic acids is 6. The highest BCUT2D eigenvalue weighted by atomic mass is 35.5. The maximum atomic E-state index is 14.6. The van der Waals surface area contributed by atoms with Gasteiger partial charge in [-0.1, -0.05) is 175 Å². The Bertz CT molecular complexity index is 5980. The number of aromatic nitrogens is 6. The summed E-state index contributed by atoms with van der Waals surface area (Å²) in [4.78, 5) is 92.6. The lowest BCUT2D eigenvalue weighted by molar-refractivity contribution is -0.138. The van der Waals surface area contributed by atoms with Crippen LogP contribution in [0.5, 0.6) is 0 Å². The number of carbonyl (C=O) groups is 6. The van der Waals surface area contributed by atoms with Crippen molar-refractivity contribution in [2.24, 2.45) is 11.8 Å². The first kappa shape index (κ1) is 83.5. The number of alkyl halides is 6. The Kier molecular flexibility index (Phi) is 23.0. The van der Waals surface area contributed by atoms with Crippen LogP contribution >= 0.6 is 11.6 Å². The fraction of sp³-hybridized carbons (Fsp3) is 0.319. The molecule has 4 aliphatic heterocycles. The van der Waals surface area contributed by atoms with Gasteiger partial charge in [-0.05, 0) is 140 Å². The number of piperidine rings is 2. The Balaban J connectivity index is 0.000000150. The molecule has 10 heterocycles. The third kappa shape index (κ3) is 16.0. The van der Waals surface area contributed by atoms with Crippen LogP contribution in [-0.4, -0.2) is 146 Å². The number of halogens is 7. The molecule has 2 fully saturated rings. The molecule has 0 radical (unpaired) electrons. The molecule has 18 rings (SSSR count). The average molecular weight is 1700 g/mol. The molecule has 12 aromatic rings. The van der Waals surface area contributed by atoms with Crippen LogP contribution in [0, 0.1) is 11.8 Å². The van der Waals surface area contributed by atoms with Gasteiger partial charge in [-0.3, -0.25) is 32.8 Å². The van der Waals surface area contributed by atoms with Crippen LogP contribution in [0.4, 0.5) is 35.9 Å². The molecule has 6 aromatic carbocycles. The Morgan fingerprint density at radius 1 is 0.463 bits per heavy atom. The number of pyridine rings is 2. The van der Waals surface area contributed by atoms with Gasteiger partial charge in [0.2, 0.25) is 0 Å². The van der Waals surface area contributed by atoms with Crippen molar-refractivity contribution in [1.29, 1.82) is 0 Å². The van der Waals surface area contributed by atoms with Gasteiger partial charge in [0.25, 0.3) is 16.6 Å². The molecule has 2 saturated heterocycles. The molecule has 624 valence electrons. The molecular weight excluding hydrogens is 1600 g/mol. The minimum Gasteiger partial charge on any atom is -0.407 e. The van der Waals surface area contributed by atoms with Crippen LogP contribution in [0.1, 0.15) is 125 Å². The summed E-state index contributed by atoms with van der Waals surface area (Å²) in [6.45, 7) is 19.3. The van der Waals surface area contributed by atoms with Crippen molar-refractivity contribution in [2.45, 2.75) is 129 Å². The third-order valence-corrected chi connectivity index (χ3v) is 34.9. The second kappa shape index (κ2) is 33.4. The number of benzene rings is 6. The summed E-state index contributed by atoms with van der Waals surface area (Å²) in [5.74, 6) is -0.929. The number of Topliss-reactive ketones (excluding diaryl/α,β-unsaturated/α-hetero) is 4. The van der Waals surface area contributed by atoms with Gasteiger partial charge in [0, 0.05) is 136 Å². The van der Waals surface area contributed by atoms with Crippen molar-refractivity contribution in [3.8, 4) is 0 Å². The predicted molar refractivity (Wildman–Crippen MR) is 462 cm³/mol. The van der Waals surface area contributed by atoms with Gasteiger partial charge < -0.3 is 38.0 Å². The normalized spacial score (nSPS) is 16.8. The van der Waals surface area contributed by atoms with Crippen molar-refractivity contribution in [1.82, 2.24) is 47.9 Å². The van der Waals surface area contributed by atoms with Gasteiger partial charge in [-0.2, -0.15) is 26.3 Å². The molecule has 0 bridgehead atoms. The van der Waals surface area contributed by atoms with Gasteiger partial charge in [0.05, 0.1) is 69.9 Å². The number of imidazole rings is 2. The van der Waals surface area contributed by atoms with E-state index in [0.717, 1.165) is 69.6 Å². The Hall–Kier alpha value is -11.1. The number of likely N-dealkylation sites (tertiary alicyclic amines) is 2. The lowest BCUT2D eigenvalue weighted by atomic mass is 9.96. The summed E-state index contributed by atoms with van der Waals surface area (Å²) < 4.78 is 106. The smallest absolute Gasteiger partial charge is 0.407 e. The highest BCUT2D eigenvalue weighted by Crippen LogP contribution is 2.47. The quantitative estimate of drug-likeness (QED) is 0.0359. The fourth-order valence-corrected chi connectivity index (χ4v) is 28.3. The van der Waals surface area contributed by atoms with Gasteiger partial charge in [-0.15, -0.1) is 0 Å². The molecule has 0 saturated carbocycles.